The molecular weight excluding hydrogens is 172 g/mol. The summed E-state index contributed by atoms with van der Waals surface area (Å²) in [6.45, 7) is 0. The van der Waals surface area contributed by atoms with E-state index in [2.05, 4.69) is 36.5 Å². The molecule has 1 nitrogen and oxygen atoms in total. The van der Waals surface area contributed by atoms with Crippen molar-refractivity contribution in [2.45, 2.75) is 12.5 Å². The van der Waals surface area contributed by atoms with Crippen molar-refractivity contribution in [2.24, 2.45) is 23.7 Å². The topological polar surface area (TPSA) is 9.23 Å². The fourth-order valence-corrected chi connectivity index (χ4v) is 3.01. The molecule has 1 heteroatoms. The smallest absolute Gasteiger partial charge is 0.0820 e. The van der Waals surface area contributed by atoms with Gasteiger partial charge < -0.3 is 4.74 Å². The first-order valence-corrected chi connectivity index (χ1v) is 5.46. The fourth-order valence-electron chi connectivity index (χ4n) is 3.01. The third-order valence-electron chi connectivity index (χ3n) is 3.90. The van der Waals surface area contributed by atoms with Crippen molar-refractivity contribution in [3.8, 4) is 0 Å². The predicted octanol–water partition coefficient (Wildman–Crippen LogP) is 2.57. The molecule has 3 rings (SSSR count). The van der Waals surface area contributed by atoms with E-state index in [0.717, 1.165) is 11.8 Å². The van der Waals surface area contributed by atoms with E-state index < -0.39 is 0 Å². The molecule has 14 heavy (non-hydrogen) atoms. The largest absolute Gasteiger partial charge is 0.377 e. The van der Waals surface area contributed by atoms with Gasteiger partial charge >= 0.3 is 0 Å². The van der Waals surface area contributed by atoms with Gasteiger partial charge in [-0.25, -0.2) is 0 Å². The Morgan fingerprint density at radius 1 is 0.929 bits per heavy atom. The van der Waals surface area contributed by atoms with Gasteiger partial charge in [0.15, 0.2) is 0 Å². The van der Waals surface area contributed by atoms with Crippen LogP contribution in [0, 0.1) is 23.7 Å². The summed E-state index contributed by atoms with van der Waals surface area (Å²) in [6.07, 6.45) is 15.5. The summed E-state index contributed by atoms with van der Waals surface area (Å²) in [5, 5.41) is 0. The quantitative estimate of drug-likeness (QED) is 0.575. The van der Waals surface area contributed by atoms with Crippen LogP contribution < -0.4 is 0 Å². The number of methoxy groups -OCH3 is 1. The van der Waals surface area contributed by atoms with Gasteiger partial charge in [-0.05, 0) is 24.2 Å². The van der Waals surface area contributed by atoms with Crippen LogP contribution in [-0.4, -0.2) is 13.2 Å². The van der Waals surface area contributed by atoms with Crippen LogP contribution in [0.2, 0.25) is 0 Å². The summed E-state index contributed by atoms with van der Waals surface area (Å²) >= 11 is 0. The first-order valence-electron chi connectivity index (χ1n) is 5.46. The summed E-state index contributed by atoms with van der Waals surface area (Å²) in [4.78, 5) is 0. The highest BCUT2D eigenvalue weighted by Gasteiger charge is 2.40. The molecule has 0 N–H and O–H groups in total. The number of hydrogen-bond donors (Lipinski definition) is 0. The van der Waals surface area contributed by atoms with Crippen LogP contribution in [0.3, 0.4) is 0 Å². The minimum atomic E-state index is 0.286. The second-order valence-corrected chi connectivity index (χ2v) is 4.53. The van der Waals surface area contributed by atoms with Crippen LogP contribution in [0.5, 0.6) is 0 Å². The third-order valence-corrected chi connectivity index (χ3v) is 3.90. The highest BCUT2D eigenvalue weighted by atomic mass is 16.5. The molecule has 0 aliphatic heterocycles. The molecular formula is C13H16O. The van der Waals surface area contributed by atoms with Crippen molar-refractivity contribution >= 4 is 0 Å². The Hall–Kier alpha value is -0.820. The zero-order valence-corrected chi connectivity index (χ0v) is 8.47. The zero-order chi connectivity index (χ0) is 9.54. The highest BCUT2D eigenvalue weighted by molar-refractivity contribution is 5.26. The molecule has 0 spiro atoms. The monoisotopic (exact) mass is 188 g/mol. The second-order valence-electron chi connectivity index (χ2n) is 4.53. The first-order chi connectivity index (χ1) is 6.90. The van der Waals surface area contributed by atoms with E-state index in [1.165, 1.54) is 6.42 Å². The van der Waals surface area contributed by atoms with Crippen LogP contribution in [0.25, 0.3) is 0 Å². The minimum absolute atomic E-state index is 0.286. The van der Waals surface area contributed by atoms with Gasteiger partial charge in [0.1, 0.15) is 0 Å². The SMILES string of the molecule is CO[C@@H]1C=C[C@H]2CC=C[C@@H]1[C@@H]1C=C[C@@H]12. The summed E-state index contributed by atoms with van der Waals surface area (Å²) < 4.78 is 5.54. The Kier molecular flexibility index (Phi) is 1.88. The minimum Gasteiger partial charge on any atom is -0.377 e. The van der Waals surface area contributed by atoms with Crippen molar-refractivity contribution in [2.75, 3.05) is 7.11 Å². The molecule has 3 aliphatic carbocycles. The molecule has 0 saturated heterocycles. The van der Waals surface area contributed by atoms with Gasteiger partial charge in [-0.3, -0.25) is 0 Å². The van der Waals surface area contributed by atoms with Crippen LogP contribution in [-0.2, 0) is 4.74 Å². The molecule has 0 fully saturated rings. The van der Waals surface area contributed by atoms with E-state index in [9.17, 15) is 0 Å². The lowest BCUT2D eigenvalue weighted by Crippen LogP contribution is -2.33. The van der Waals surface area contributed by atoms with E-state index in [-0.39, 0.29) is 6.10 Å². The lowest BCUT2D eigenvalue weighted by Gasteiger charge is -2.36. The Balaban J connectivity index is 2.00. The van der Waals surface area contributed by atoms with Crippen molar-refractivity contribution in [1.29, 1.82) is 0 Å². The van der Waals surface area contributed by atoms with Gasteiger partial charge in [0.25, 0.3) is 0 Å². The Morgan fingerprint density at radius 3 is 2.50 bits per heavy atom. The highest BCUT2D eigenvalue weighted by Crippen LogP contribution is 2.46. The molecule has 0 aromatic carbocycles. The molecule has 2 bridgehead atoms. The van der Waals surface area contributed by atoms with Crippen molar-refractivity contribution in [3.05, 3.63) is 36.5 Å². The molecule has 0 unspecified atom stereocenters. The van der Waals surface area contributed by atoms with E-state index >= 15 is 0 Å². The Morgan fingerprint density at radius 2 is 1.79 bits per heavy atom. The van der Waals surface area contributed by atoms with Gasteiger partial charge in [-0.2, -0.15) is 0 Å². The van der Waals surface area contributed by atoms with Crippen LogP contribution in [0.1, 0.15) is 6.42 Å². The van der Waals surface area contributed by atoms with E-state index in [1.807, 2.05) is 7.11 Å². The number of hydrogen-bond acceptors (Lipinski definition) is 1. The normalized spacial score (nSPS) is 48.2. The summed E-state index contributed by atoms with van der Waals surface area (Å²) in [6, 6.07) is 0. The maximum Gasteiger partial charge on any atom is 0.0820 e. The standard InChI is InChI=1S/C13H16O/c1-14-13-8-5-9-3-2-4-12(13)11-7-6-10(9)11/h2,4-13H,3H2,1H3/t9-,10-,11-,12-,13-/m1/s1. The molecule has 0 aromatic heterocycles. The van der Waals surface area contributed by atoms with Crippen molar-refractivity contribution < 1.29 is 4.74 Å². The summed E-state index contributed by atoms with van der Waals surface area (Å²) in [7, 11) is 1.81. The van der Waals surface area contributed by atoms with Gasteiger partial charge in [-0.1, -0.05) is 36.5 Å². The van der Waals surface area contributed by atoms with Crippen LogP contribution in [0.4, 0.5) is 0 Å². The lowest BCUT2D eigenvalue weighted by atomic mass is 9.69. The number of allylic oxidation sites excluding steroid dienone is 4. The maximum atomic E-state index is 5.54. The third kappa shape index (κ3) is 1.05. The van der Waals surface area contributed by atoms with E-state index in [1.54, 1.807) is 0 Å². The fraction of sp³-hybridized carbons (Fsp3) is 0.538. The number of rotatable bonds is 1. The summed E-state index contributed by atoms with van der Waals surface area (Å²) in [5.74, 6) is 2.77. The average Bonchev–Trinajstić information content (AvgIpc) is 2.28. The zero-order valence-electron chi connectivity index (χ0n) is 8.47. The molecule has 0 amide bonds. The molecule has 74 valence electrons. The molecule has 0 heterocycles. The Bertz CT molecular complexity index is 313. The number of ether oxygens (including phenoxy) is 1. The van der Waals surface area contributed by atoms with Gasteiger partial charge in [0, 0.05) is 13.0 Å². The predicted molar refractivity (Wildman–Crippen MR) is 56.8 cm³/mol. The molecule has 0 radical (unpaired) electrons. The maximum absolute atomic E-state index is 5.54. The molecule has 3 aliphatic rings. The van der Waals surface area contributed by atoms with Crippen molar-refractivity contribution in [1.82, 2.24) is 0 Å². The van der Waals surface area contributed by atoms with Gasteiger partial charge in [0.05, 0.1) is 6.10 Å². The second kappa shape index (κ2) is 3.09. The Labute approximate surface area is 85.1 Å². The van der Waals surface area contributed by atoms with E-state index in [0.29, 0.717) is 11.8 Å². The molecule has 5 atom stereocenters. The average molecular weight is 188 g/mol. The lowest BCUT2D eigenvalue weighted by molar-refractivity contribution is 0.0815. The van der Waals surface area contributed by atoms with Crippen LogP contribution in [0.15, 0.2) is 36.5 Å². The molecule has 0 aromatic rings. The molecule has 0 saturated carbocycles. The van der Waals surface area contributed by atoms with E-state index in [4.69, 9.17) is 4.74 Å². The summed E-state index contributed by atoms with van der Waals surface area (Å²) in [5.41, 5.74) is 0. The van der Waals surface area contributed by atoms with Gasteiger partial charge in [0.2, 0.25) is 0 Å². The van der Waals surface area contributed by atoms with Crippen molar-refractivity contribution in [3.63, 3.8) is 0 Å². The first kappa shape index (κ1) is 8.49. The van der Waals surface area contributed by atoms with Crippen LogP contribution >= 0.6 is 0 Å². The van der Waals surface area contributed by atoms with Gasteiger partial charge in [-0.15, -0.1) is 0 Å².